The van der Waals surface area contributed by atoms with Crippen LogP contribution in [0.2, 0.25) is 0 Å². The van der Waals surface area contributed by atoms with E-state index in [1.807, 2.05) is 12.1 Å². The Morgan fingerprint density at radius 1 is 0.788 bits per heavy atom. The molecule has 1 heterocycles. The van der Waals surface area contributed by atoms with Gasteiger partial charge in [0.15, 0.2) is 5.84 Å². The number of nitrogens with two attached hydrogens (primary N) is 1. The van der Waals surface area contributed by atoms with Gasteiger partial charge in [0.25, 0.3) is 0 Å². The van der Waals surface area contributed by atoms with E-state index in [4.69, 9.17) is 45.7 Å². The van der Waals surface area contributed by atoms with Crippen LogP contribution in [0, 0.1) is 28.1 Å². The number of nitrogens with zero attached hydrogens (tertiary/aromatic N) is 3. The first-order valence-electron chi connectivity index (χ1n) is 8.61. The molecule has 2 aromatic carbocycles. The number of nitriles is 2. The first-order chi connectivity index (χ1) is 15.0. The van der Waals surface area contributed by atoms with E-state index >= 15 is 0 Å². The number of ether oxygens (including phenoxy) is 4. The van der Waals surface area contributed by atoms with Gasteiger partial charge >= 0.3 is 29.6 Å². The molecule has 0 amide bonds. The molecule has 6 N–H and O–H groups in total. The van der Waals surface area contributed by atoms with Crippen LogP contribution < -0.4 is 65.5 Å². The van der Waals surface area contributed by atoms with Crippen molar-refractivity contribution in [3.63, 3.8) is 0 Å². The Bertz CT molecular complexity index is 1040. The minimum atomic E-state index is 0. The second kappa shape index (κ2) is 15.5. The number of nitrogens with one attached hydrogen (secondary N) is 1. The Hall–Kier alpha value is -3.32. The Morgan fingerprint density at radius 3 is 1.45 bits per heavy atom. The van der Waals surface area contributed by atoms with Crippen molar-refractivity contribution in [2.45, 2.75) is 0 Å². The molecular formula is C21H25N6NaO5. The maximum Gasteiger partial charge on any atom is 1.00 e. The van der Waals surface area contributed by atoms with Gasteiger partial charge in [-0.2, -0.15) is 17.6 Å². The third kappa shape index (κ3) is 6.83. The second-order valence-corrected chi connectivity index (χ2v) is 5.51. The van der Waals surface area contributed by atoms with Gasteiger partial charge < -0.3 is 35.9 Å². The van der Waals surface area contributed by atoms with Crippen LogP contribution in [-0.4, -0.2) is 47.2 Å². The summed E-state index contributed by atoms with van der Waals surface area (Å²) in [7, 11) is 6.74. The van der Waals surface area contributed by atoms with Gasteiger partial charge in [-0.05, 0) is 24.3 Å². The standard InChI is InChI=1S/C10H11N3O2.C10H8N2O2.CH3O.H3N.Na/c1-14-5-3-4-6(15-2)8-7(5)9(11)13-10(8)12;1-13-9-3-4-10(14-2)8(6-12)7(9)5-11;1-2;;/h3-4H,1-2H3,(H3,11,12,13);3-4H,1-2H3;1H3;1H3;/q;;-1;;+1. The number of amidine groups is 2. The van der Waals surface area contributed by atoms with Crippen LogP contribution in [0.4, 0.5) is 0 Å². The van der Waals surface area contributed by atoms with Gasteiger partial charge in [-0.15, -0.1) is 0 Å². The van der Waals surface area contributed by atoms with Gasteiger partial charge in [0.1, 0.15) is 52.1 Å². The van der Waals surface area contributed by atoms with E-state index in [1.165, 1.54) is 14.2 Å². The molecule has 0 saturated heterocycles. The van der Waals surface area contributed by atoms with Crippen molar-refractivity contribution in [1.29, 1.82) is 15.9 Å². The maximum atomic E-state index is 8.84. The zero-order valence-electron chi connectivity index (χ0n) is 19.5. The molecule has 12 heteroatoms. The van der Waals surface area contributed by atoms with Gasteiger partial charge in [0, 0.05) is 0 Å². The molecule has 0 radical (unpaired) electrons. The smallest absolute Gasteiger partial charge is 0.857 e. The van der Waals surface area contributed by atoms with Gasteiger partial charge in [0.05, 0.1) is 39.6 Å². The van der Waals surface area contributed by atoms with Gasteiger partial charge in [-0.3, -0.25) is 5.41 Å². The van der Waals surface area contributed by atoms with Crippen molar-refractivity contribution in [2.24, 2.45) is 10.7 Å². The van der Waals surface area contributed by atoms with Crippen molar-refractivity contribution in [2.75, 3.05) is 35.5 Å². The zero-order valence-corrected chi connectivity index (χ0v) is 21.5. The van der Waals surface area contributed by atoms with Gasteiger partial charge in [-0.25, -0.2) is 4.99 Å². The topological polar surface area (TPSA) is 205 Å². The molecule has 0 bridgehead atoms. The summed E-state index contributed by atoms with van der Waals surface area (Å²) in [5.74, 6) is 2.35. The molecule has 0 saturated carbocycles. The number of benzene rings is 2. The molecule has 0 fully saturated rings. The molecule has 170 valence electrons. The van der Waals surface area contributed by atoms with Crippen LogP contribution in [0.15, 0.2) is 29.3 Å². The molecule has 11 nitrogen and oxygen atoms in total. The second-order valence-electron chi connectivity index (χ2n) is 5.51. The van der Waals surface area contributed by atoms with E-state index in [2.05, 4.69) is 4.99 Å². The molecular weight excluding hydrogens is 439 g/mol. The fraction of sp³-hybridized carbons (Fsp3) is 0.238. The molecule has 0 unspecified atom stereocenters. The van der Waals surface area contributed by atoms with E-state index < -0.39 is 0 Å². The predicted octanol–water partition coefficient (Wildman–Crippen LogP) is -1.66. The molecule has 0 spiro atoms. The first kappa shape index (κ1) is 31.9. The molecule has 1 aliphatic heterocycles. The minimum absolute atomic E-state index is 0. The van der Waals surface area contributed by atoms with Gasteiger partial charge in [-0.1, -0.05) is 0 Å². The SMILES string of the molecule is COc1ccc(OC)c(C#N)c1C#N.COc1ccc(OC)c2c1C(=N)N=C2N.C[O-].N.[Na+]. The summed E-state index contributed by atoms with van der Waals surface area (Å²) < 4.78 is 20.2. The Kier molecular flexibility index (Phi) is 14.9. The van der Waals surface area contributed by atoms with E-state index in [-0.39, 0.29) is 52.7 Å². The molecule has 0 aromatic heterocycles. The number of fused-ring (bicyclic) bond motifs is 1. The molecule has 33 heavy (non-hydrogen) atoms. The average molecular weight is 464 g/mol. The van der Waals surface area contributed by atoms with E-state index in [0.717, 1.165) is 7.11 Å². The van der Waals surface area contributed by atoms with Crippen molar-refractivity contribution >= 4 is 11.7 Å². The average Bonchev–Trinajstić information content (AvgIpc) is 3.13. The zero-order chi connectivity index (χ0) is 23.6. The molecule has 3 rings (SSSR count). The number of hydrogen-bond acceptors (Lipinski definition) is 10. The number of aliphatic imine (C=N–C) groups is 1. The normalized spacial score (nSPS) is 9.94. The van der Waals surface area contributed by atoms with E-state index in [9.17, 15) is 0 Å². The maximum absolute atomic E-state index is 8.84. The summed E-state index contributed by atoms with van der Waals surface area (Å²) in [5.41, 5.74) is 7.35. The molecule has 0 aliphatic carbocycles. The number of rotatable bonds is 4. The summed E-state index contributed by atoms with van der Waals surface area (Å²) in [5, 5.41) is 33.6. The largest absolute Gasteiger partial charge is 1.00 e. The van der Waals surface area contributed by atoms with Crippen molar-refractivity contribution in [3.8, 4) is 35.1 Å². The van der Waals surface area contributed by atoms with E-state index in [1.54, 1.807) is 38.5 Å². The molecule has 1 aliphatic rings. The number of hydrogen-bond donors (Lipinski definition) is 3. The monoisotopic (exact) mass is 464 g/mol. The van der Waals surface area contributed by atoms with Crippen molar-refractivity contribution < 1.29 is 53.6 Å². The number of methoxy groups -OCH3 is 4. The summed E-state index contributed by atoms with van der Waals surface area (Å²) in [6.07, 6.45) is 0. The van der Waals surface area contributed by atoms with E-state index in [0.29, 0.717) is 40.0 Å². The quantitative estimate of drug-likeness (QED) is 0.442. The predicted molar refractivity (Wildman–Crippen MR) is 117 cm³/mol. The van der Waals surface area contributed by atoms with Crippen LogP contribution in [-0.2, 0) is 0 Å². The first-order valence-corrected chi connectivity index (χ1v) is 8.61. The summed E-state index contributed by atoms with van der Waals surface area (Å²) >= 11 is 0. The van der Waals surface area contributed by atoms with Crippen molar-refractivity contribution in [1.82, 2.24) is 6.15 Å². The molecule has 2 aromatic rings. The summed E-state index contributed by atoms with van der Waals surface area (Å²) in [6.45, 7) is 0. The van der Waals surface area contributed by atoms with Crippen LogP contribution in [0.3, 0.4) is 0 Å². The van der Waals surface area contributed by atoms with Crippen LogP contribution in [0.25, 0.3) is 0 Å². The summed E-state index contributed by atoms with van der Waals surface area (Å²) in [6, 6.07) is 10.5. The van der Waals surface area contributed by atoms with Crippen LogP contribution in [0.5, 0.6) is 23.0 Å². The van der Waals surface area contributed by atoms with Gasteiger partial charge in [0.2, 0.25) is 0 Å². The third-order valence-corrected chi connectivity index (χ3v) is 4.09. The Labute approximate surface area is 214 Å². The third-order valence-electron chi connectivity index (χ3n) is 4.09. The fourth-order valence-corrected chi connectivity index (χ4v) is 2.75. The fourth-order valence-electron chi connectivity index (χ4n) is 2.75. The van der Waals surface area contributed by atoms with Crippen LogP contribution in [0.1, 0.15) is 22.3 Å². The van der Waals surface area contributed by atoms with Crippen LogP contribution >= 0.6 is 0 Å². The Morgan fingerprint density at radius 2 is 1.12 bits per heavy atom. The summed E-state index contributed by atoms with van der Waals surface area (Å²) in [4.78, 5) is 3.89. The van der Waals surface area contributed by atoms with Crippen molar-refractivity contribution in [3.05, 3.63) is 46.5 Å². The molecule has 0 atom stereocenters. The Balaban J connectivity index is 0. The minimum Gasteiger partial charge on any atom is -0.857 e.